The van der Waals surface area contributed by atoms with Crippen molar-refractivity contribution in [3.63, 3.8) is 0 Å². The molecule has 0 radical (unpaired) electrons. The van der Waals surface area contributed by atoms with Crippen LogP contribution in [0.1, 0.15) is 30.7 Å². The Kier molecular flexibility index (Phi) is 3.69. The molecule has 0 unspecified atom stereocenters. The quantitative estimate of drug-likeness (QED) is 0.932. The molecule has 1 aromatic carbocycles. The second-order valence-corrected chi connectivity index (χ2v) is 6.05. The zero-order valence-electron chi connectivity index (χ0n) is 11.2. The van der Waals surface area contributed by atoms with Gasteiger partial charge in [-0.2, -0.15) is 0 Å². The summed E-state index contributed by atoms with van der Waals surface area (Å²) in [5, 5.41) is 0.419. The Morgan fingerprint density at radius 2 is 2.30 bits per heavy atom. The van der Waals surface area contributed by atoms with Crippen LogP contribution in [0.3, 0.4) is 0 Å². The van der Waals surface area contributed by atoms with Crippen LogP contribution in [0, 0.1) is 11.7 Å². The highest BCUT2D eigenvalue weighted by atomic mass is 35.5. The molecule has 0 bridgehead atoms. The van der Waals surface area contributed by atoms with Crippen LogP contribution in [0.25, 0.3) is 0 Å². The maximum atomic E-state index is 13.9. The molecule has 3 atom stereocenters. The third-order valence-corrected chi connectivity index (χ3v) is 4.74. The molecule has 2 aliphatic rings. The summed E-state index contributed by atoms with van der Waals surface area (Å²) in [7, 11) is 0. The molecule has 0 aromatic heterocycles. The predicted molar refractivity (Wildman–Crippen MR) is 76.0 cm³/mol. The topological polar surface area (TPSA) is 46.3 Å². The molecule has 5 heteroatoms. The van der Waals surface area contributed by atoms with Crippen LogP contribution in [-0.4, -0.2) is 29.9 Å². The molecule has 108 valence electrons. The van der Waals surface area contributed by atoms with Crippen molar-refractivity contribution in [3.8, 4) is 0 Å². The Morgan fingerprint density at radius 3 is 3.00 bits per heavy atom. The molecule has 1 saturated carbocycles. The van der Waals surface area contributed by atoms with Crippen molar-refractivity contribution < 1.29 is 9.18 Å². The fourth-order valence-electron chi connectivity index (χ4n) is 3.24. The molecule has 1 amide bonds. The Labute approximate surface area is 122 Å². The minimum absolute atomic E-state index is 0.0739. The lowest BCUT2D eigenvalue weighted by molar-refractivity contribution is -0.133. The summed E-state index contributed by atoms with van der Waals surface area (Å²) >= 11 is 6.07. The predicted octanol–water partition coefficient (Wildman–Crippen LogP) is 2.53. The molecular weight excluding hydrogens is 279 g/mol. The zero-order valence-corrected chi connectivity index (χ0v) is 11.9. The first-order valence-corrected chi connectivity index (χ1v) is 7.45. The van der Waals surface area contributed by atoms with Crippen molar-refractivity contribution >= 4 is 17.5 Å². The van der Waals surface area contributed by atoms with Crippen molar-refractivity contribution in [1.29, 1.82) is 0 Å². The molecule has 1 aromatic rings. The number of nitrogens with two attached hydrogens (primary N) is 1. The largest absolute Gasteiger partial charge is 0.338 e. The SMILES string of the molecule is NC[C@@H]1CCCN1C(=O)[C@@H]1C[C@@H]1c1c(F)cccc1Cl. The Morgan fingerprint density at radius 1 is 1.50 bits per heavy atom. The number of benzene rings is 1. The van der Waals surface area contributed by atoms with Crippen LogP contribution < -0.4 is 5.73 Å². The molecule has 20 heavy (non-hydrogen) atoms. The summed E-state index contributed by atoms with van der Waals surface area (Å²) in [5.74, 6) is -0.399. The number of hydrogen-bond acceptors (Lipinski definition) is 2. The second-order valence-electron chi connectivity index (χ2n) is 5.65. The van der Waals surface area contributed by atoms with E-state index in [1.807, 2.05) is 4.90 Å². The van der Waals surface area contributed by atoms with E-state index < -0.39 is 0 Å². The highest BCUT2D eigenvalue weighted by molar-refractivity contribution is 6.31. The molecular formula is C15H18ClFN2O. The first-order valence-electron chi connectivity index (χ1n) is 7.08. The van der Waals surface area contributed by atoms with Gasteiger partial charge in [0.15, 0.2) is 0 Å². The number of carbonyl (C=O) groups is 1. The van der Waals surface area contributed by atoms with Gasteiger partial charge in [-0.3, -0.25) is 4.79 Å². The van der Waals surface area contributed by atoms with E-state index in [0.717, 1.165) is 19.4 Å². The van der Waals surface area contributed by atoms with E-state index in [-0.39, 0.29) is 29.6 Å². The number of amides is 1. The molecule has 2 N–H and O–H groups in total. The average molecular weight is 297 g/mol. The van der Waals surface area contributed by atoms with E-state index in [1.54, 1.807) is 12.1 Å². The summed E-state index contributed by atoms with van der Waals surface area (Å²) in [4.78, 5) is 14.4. The lowest BCUT2D eigenvalue weighted by Gasteiger charge is -2.23. The highest BCUT2D eigenvalue weighted by Gasteiger charge is 2.49. The lowest BCUT2D eigenvalue weighted by atomic mass is 10.1. The Hall–Kier alpha value is -1.13. The van der Waals surface area contributed by atoms with Gasteiger partial charge in [-0.15, -0.1) is 0 Å². The summed E-state index contributed by atoms with van der Waals surface area (Å²) in [6.07, 6.45) is 2.67. The molecule has 1 aliphatic carbocycles. The molecule has 1 saturated heterocycles. The highest BCUT2D eigenvalue weighted by Crippen LogP contribution is 2.51. The number of nitrogens with zero attached hydrogens (tertiary/aromatic N) is 1. The fourth-order valence-corrected chi connectivity index (χ4v) is 3.54. The summed E-state index contributed by atoms with van der Waals surface area (Å²) in [6, 6.07) is 4.82. The number of likely N-dealkylation sites (tertiary alicyclic amines) is 1. The molecule has 3 nitrogen and oxygen atoms in total. The van der Waals surface area contributed by atoms with Crippen molar-refractivity contribution in [3.05, 3.63) is 34.6 Å². The minimum atomic E-state index is -0.311. The van der Waals surface area contributed by atoms with Crippen molar-refractivity contribution in [1.82, 2.24) is 4.90 Å². The van der Waals surface area contributed by atoms with Crippen molar-refractivity contribution in [2.24, 2.45) is 11.7 Å². The van der Waals surface area contributed by atoms with Crippen molar-refractivity contribution in [2.75, 3.05) is 13.1 Å². The van der Waals surface area contributed by atoms with Gasteiger partial charge in [0.25, 0.3) is 0 Å². The first-order chi connectivity index (χ1) is 9.63. The molecule has 0 spiro atoms. The van der Waals surface area contributed by atoms with E-state index >= 15 is 0 Å². The number of hydrogen-bond donors (Lipinski definition) is 1. The lowest BCUT2D eigenvalue weighted by Crippen LogP contribution is -2.40. The maximum absolute atomic E-state index is 13.9. The Bertz CT molecular complexity index is 516. The zero-order chi connectivity index (χ0) is 14.3. The minimum Gasteiger partial charge on any atom is -0.338 e. The van der Waals surface area contributed by atoms with Gasteiger partial charge in [0.1, 0.15) is 5.82 Å². The van der Waals surface area contributed by atoms with E-state index in [4.69, 9.17) is 17.3 Å². The third-order valence-electron chi connectivity index (χ3n) is 4.41. The standard InChI is InChI=1S/C15H18ClFN2O/c16-12-4-1-5-13(17)14(12)10-7-11(10)15(20)19-6-2-3-9(19)8-18/h1,4-5,9-11H,2-3,6-8,18H2/t9-,10-,11+/m0/s1. The van der Waals surface area contributed by atoms with Crippen LogP contribution in [0.5, 0.6) is 0 Å². The second kappa shape index (κ2) is 5.34. The van der Waals surface area contributed by atoms with E-state index in [9.17, 15) is 9.18 Å². The van der Waals surface area contributed by atoms with Gasteiger partial charge in [0.05, 0.1) is 0 Å². The van der Waals surface area contributed by atoms with Gasteiger partial charge in [-0.25, -0.2) is 4.39 Å². The van der Waals surface area contributed by atoms with Gasteiger partial charge >= 0.3 is 0 Å². The summed E-state index contributed by atoms with van der Waals surface area (Å²) in [5.41, 5.74) is 6.20. The normalized spacial score (nSPS) is 28.8. The number of halogens is 2. The first kappa shape index (κ1) is 13.8. The molecule has 1 heterocycles. The van der Waals surface area contributed by atoms with Gasteiger partial charge in [-0.05, 0) is 31.4 Å². The van der Waals surface area contributed by atoms with Crippen LogP contribution in [0.2, 0.25) is 5.02 Å². The number of rotatable bonds is 3. The van der Waals surface area contributed by atoms with Gasteiger partial charge in [0, 0.05) is 41.6 Å². The van der Waals surface area contributed by atoms with Crippen molar-refractivity contribution in [2.45, 2.75) is 31.2 Å². The van der Waals surface area contributed by atoms with Gasteiger partial charge in [0.2, 0.25) is 5.91 Å². The Balaban J connectivity index is 1.74. The number of carbonyl (C=O) groups excluding carboxylic acids is 1. The monoisotopic (exact) mass is 296 g/mol. The van der Waals surface area contributed by atoms with Gasteiger partial charge < -0.3 is 10.6 Å². The van der Waals surface area contributed by atoms with Crippen LogP contribution in [-0.2, 0) is 4.79 Å². The average Bonchev–Trinajstić information content (AvgIpc) is 3.05. The van der Waals surface area contributed by atoms with Gasteiger partial charge in [-0.1, -0.05) is 17.7 Å². The maximum Gasteiger partial charge on any atom is 0.226 e. The third kappa shape index (κ3) is 2.31. The summed E-state index contributed by atoms with van der Waals surface area (Å²) in [6.45, 7) is 1.28. The molecule has 3 rings (SSSR count). The summed E-state index contributed by atoms with van der Waals surface area (Å²) < 4.78 is 13.9. The molecule has 2 fully saturated rings. The van der Waals surface area contributed by atoms with E-state index in [2.05, 4.69) is 0 Å². The fraction of sp³-hybridized carbons (Fsp3) is 0.533. The van der Waals surface area contributed by atoms with Crippen LogP contribution >= 0.6 is 11.6 Å². The van der Waals surface area contributed by atoms with Crippen LogP contribution in [0.4, 0.5) is 4.39 Å². The van der Waals surface area contributed by atoms with E-state index in [0.29, 0.717) is 23.6 Å². The molecule has 1 aliphatic heterocycles. The smallest absolute Gasteiger partial charge is 0.226 e. The van der Waals surface area contributed by atoms with Crippen LogP contribution in [0.15, 0.2) is 18.2 Å². The van der Waals surface area contributed by atoms with E-state index in [1.165, 1.54) is 6.07 Å².